The van der Waals surface area contributed by atoms with Crippen molar-refractivity contribution in [2.45, 2.75) is 32.4 Å². The minimum Gasteiger partial charge on any atom is -0.415 e. The average Bonchev–Trinajstić information content (AvgIpc) is 1.80. The van der Waals surface area contributed by atoms with Crippen molar-refractivity contribution in [3.05, 3.63) is 12.7 Å². The summed E-state index contributed by atoms with van der Waals surface area (Å²) in [4.78, 5) is 0. The average molecular weight is 142 g/mol. The van der Waals surface area contributed by atoms with Crippen molar-refractivity contribution in [3.8, 4) is 0 Å². The maximum atomic E-state index is 5.32. The van der Waals surface area contributed by atoms with Gasteiger partial charge in [0.2, 0.25) is 9.76 Å². The quantitative estimate of drug-likeness (QED) is 0.324. The van der Waals surface area contributed by atoms with Gasteiger partial charge in [0.05, 0.1) is 0 Å². The van der Waals surface area contributed by atoms with Crippen LogP contribution in [-0.2, 0) is 4.43 Å². The summed E-state index contributed by atoms with van der Waals surface area (Å²) in [7, 11) is 0.648. The molecule has 1 nitrogen and oxygen atoms in total. The number of hydrogen-bond donors (Lipinski definition) is 0. The van der Waals surface area contributed by atoms with Gasteiger partial charge in [0.1, 0.15) is 0 Å². The minimum absolute atomic E-state index is 0.383. The van der Waals surface area contributed by atoms with E-state index in [4.69, 9.17) is 4.43 Å². The third-order valence-electron chi connectivity index (χ3n) is 0.770. The molecule has 0 N–H and O–H groups in total. The molecule has 2 radical (unpaired) electrons. The maximum Gasteiger partial charge on any atom is 0.230 e. The molecule has 0 bridgehead atoms. The molecular weight excluding hydrogens is 128 g/mol. The van der Waals surface area contributed by atoms with E-state index in [9.17, 15) is 0 Å². The van der Waals surface area contributed by atoms with Crippen molar-refractivity contribution >= 4 is 9.76 Å². The Balaban J connectivity index is 2.82. The van der Waals surface area contributed by atoms with Crippen molar-refractivity contribution in [1.82, 2.24) is 0 Å². The molecule has 0 unspecified atom stereocenters. The largest absolute Gasteiger partial charge is 0.415 e. The van der Waals surface area contributed by atoms with Crippen molar-refractivity contribution in [2.24, 2.45) is 0 Å². The molecule has 0 aromatic carbocycles. The highest BCUT2D eigenvalue weighted by Gasteiger charge is 1.92. The van der Waals surface area contributed by atoms with Crippen LogP contribution in [-0.4, -0.2) is 15.9 Å². The van der Waals surface area contributed by atoms with Crippen LogP contribution in [0.1, 0.15) is 20.3 Å². The third kappa shape index (κ3) is 7.92. The molecule has 52 valence electrons. The first-order valence-electron chi connectivity index (χ1n) is 3.26. The fourth-order valence-corrected chi connectivity index (χ4v) is 1.16. The van der Waals surface area contributed by atoms with E-state index >= 15 is 0 Å². The second-order valence-corrected chi connectivity index (χ2v) is 3.16. The van der Waals surface area contributed by atoms with Crippen molar-refractivity contribution in [2.75, 3.05) is 0 Å². The van der Waals surface area contributed by atoms with E-state index in [1.165, 1.54) is 0 Å². The molecule has 0 spiro atoms. The van der Waals surface area contributed by atoms with E-state index in [2.05, 4.69) is 20.4 Å². The molecule has 0 amide bonds. The van der Waals surface area contributed by atoms with Gasteiger partial charge >= 0.3 is 0 Å². The molecular formula is C7H14OSi. The Labute approximate surface area is 60.1 Å². The van der Waals surface area contributed by atoms with Crippen LogP contribution in [0.5, 0.6) is 0 Å². The topological polar surface area (TPSA) is 9.23 Å². The summed E-state index contributed by atoms with van der Waals surface area (Å²) in [6.07, 6.45) is 3.38. The van der Waals surface area contributed by atoms with Gasteiger partial charge in [0, 0.05) is 6.10 Å². The van der Waals surface area contributed by atoms with Gasteiger partial charge < -0.3 is 4.43 Å². The summed E-state index contributed by atoms with van der Waals surface area (Å²) < 4.78 is 5.32. The first-order valence-corrected chi connectivity index (χ1v) is 4.38. The van der Waals surface area contributed by atoms with E-state index in [0.29, 0.717) is 15.9 Å². The lowest BCUT2D eigenvalue weighted by Gasteiger charge is -2.03. The number of allylic oxidation sites excluding steroid dienone is 1. The molecule has 9 heavy (non-hydrogen) atoms. The van der Waals surface area contributed by atoms with Crippen LogP contribution in [0.4, 0.5) is 0 Å². The summed E-state index contributed by atoms with van der Waals surface area (Å²) >= 11 is 0. The number of hydrogen-bond acceptors (Lipinski definition) is 1. The lowest BCUT2D eigenvalue weighted by Crippen LogP contribution is -2.05. The van der Waals surface area contributed by atoms with Gasteiger partial charge in [0.25, 0.3) is 0 Å². The molecule has 0 aliphatic rings. The zero-order valence-corrected chi connectivity index (χ0v) is 7.18. The Bertz CT molecular complexity index is 71.3. The summed E-state index contributed by atoms with van der Waals surface area (Å²) in [5.74, 6) is 0. The monoisotopic (exact) mass is 142 g/mol. The van der Waals surface area contributed by atoms with E-state index < -0.39 is 0 Å². The summed E-state index contributed by atoms with van der Waals surface area (Å²) in [5.41, 5.74) is 0. The molecule has 0 saturated carbocycles. The van der Waals surface area contributed by atoms with Crippen LogP contribution in [0, 0.1) is 0 Å². The Kier molecular flexibility index (Phi) is 5.99. The molecule has 0 aromatic heterocycles. The van der Waals surface area contributed by atoms with Crippen LogP contribution in [0.25, 0.3) is 0 Å². The van der Waals surface area contributed by atoms with E-state index in [-0.39, 0.29) is 0 Å². The van der Waals surface area contributed by atoms with Gasteiger partial charge in [-0.1, -0.05) is 6.08 Å². The van der Waals surface area contributed by atoms with Crippen molar-refractivity contribution < 1.29 is 4.43 Å². The Hall–Kier alpha value is -0.0831. The molecule has 0 aromatic rings. The van der Waals surface area contributed by atoms with E-state index in [0.717, 1.165) is 12.5 Å². The van der Waals surface area contributed by atoms with Crippen LogP contribution >= 0.6 is 0 Å². The first-order chi connectivity index (χ1) is 4.27. The predicted molar refractivity (Wildman–Crippen MR) is 41.6 cm³/mol. The zero-order valence-electron chi connectivity index (χ0n) is 6.18. The zero-order chi connectivity index (χ0) is 7.11. The van der Waals surface area contributed by atoms with E-state index in [1.807, 2.05) is 6.08 Å². The van der Waals surface area contributed by atoms with Gasteiger partial charge in [-0.25, -0.2) is 0 Å². The predicted octanol–water partition coefficient (Wildman–Crippen LogP) is 2.02. The fraction of sp³-hybridized carbons (Fsp3) is 0.714. The minimum atomic E-state index is 0.383. The molecule has 0 heterocycles. The van der Waals surface area contributed by atoms with Crippen LogP contribution in [0.15, 0.2) is 12.7 Å². The normalized spacial score (nSPS) is 10.1. The molecule has 0 atom stereocenters. The first kappa shape index (κ1) is 8.92. The third-order valence-corrected chi connectivity index (χ3v) is 1.90. The van der Waals surface area contributed by atoms with Crippen LogP contribution in [0.3, 0.4) is 0 Å². The second kappa shape index (κ2) is 6.04. The lowest BCUT2D eigenvalue weighted by atomic mass is 10.5. The Morgan fingerprint density at radius 3 is 2.78 bits per heavy atom. The standard InChI is InChI=1S/C7H14OSi/c1-4-5-6-9-8-7(2)3/h4,7H,1,5-6H2,2-3H3. The van der Waals surface area contributed by atoms with Gasteiger partial charge in [-0.2, -0.15) is 0 Å². The molecule has 2 heteroatoms. The van der Waals surface area contributed by atoms with Crippen LogP contribution in [0.2, 0.25) is 6.04 Å². The maximum absolute atomic E-state index is 5.32. The molecule has 0 aliphatic carbocycles. The highest BCUT2D eigenvalue weighted by molar-refractivity contribution is 6.27. The van der Waals surface area contributed by atoms with Crippen molar-refractivity contribution in [1.29, 1.82) is 0 Å². The van der Waals surface area contributed by atoms with Crippen LogP contribution < -0.4 is 0 Å². The summed E-state index contributed by atoms with van der Waals surface area (Å²) in [5, 5.41) is 0. The molecule has 0 rings (SSSR count). The fourth-order valence-electron chi connectivity index (χ4n) is 0.387. The van der Waals surface area contributed by atoms with Crippen molar-refractivity contribution in [3.63, 3.8) is 0 Å². The van der Waals surface area contributed by atoms with Gasteiger partial charge in [-0.15, -0.1) is 6.58 Å². The highest BCUT2D eigenvalue weighted by Crippen LogP contribution is 1.92. The van der Waals surface area contributed by atoms with Gasteiger partial charge in [0.15, 0.2) is 0 Å². The lowest BCUT2D eigenvalue weighted by molar-refractivity contribution is 0.255. The Morgan fingerprint density at radius 1 is 1.67 bits per heavy atom. The second-order valence-electron chi connectivity index (χ2n) is 2.14. The molecule has 0 fully saturated rings. The summed E-state index contributed by atoms with van der Waals surface area (Å²) in [6, 6.07) is 1.13. The number of rotatable bonds is 5. The van der Waals surface area contributed by atoms with E-state index in [1.54, 1.807) is 0 Å². The van der Waals surface area contributed by atoms with Gasteiger partial charge in [-0.3, -0.25) is 0 Å². The molecule has 0 saturated heterocycles. The van der Waals surface area contributed by atoms with Gasteiger partial charge in [-0.05, 0) is 26.3 Å². The summed E-state index contributed by atoms with van der Waals surface area (Å²) in [6.45, 7) is 7.74. The SMILES string of the molecule is C=CCC[Si]OC(C)C. The Morgan fingerprint density at radius 2 is 2.33 bits per heavy atom. The smallest absolute Gasteiger partial charge is 0.230 e. The highest BCUT2D eigenvalue weighted by atomic mass is 28.2. The molecule has 0 aliphatic heterocycles.